The number of hydrogen-bond donors (Lipinski definition) is 2. The summed E-state index contributed by atoms with van der Waals surface area (Å²) >= 11 is 5.92. The largest absolute Gasteiger partial charge is 0.497 e. The van der Waals surface area contributed by atoms with Crippen molar-refractivity contribution in [2.75, 3.05) is 37.0 Å². The van der Waals surface area contributed by atoms with E-state index in [4.69, 9.17) is 16.3 Å². The van der Waals surface area contributed by atoms with Gasteiger partial charge in [-0.1, -0.05) is 29.8 Å². The molecule has 0 unspecified atom stereocenters. The van der Waals surface area contributed by atoms with E-state index < -0.39 is 0 Å². The lowest BCUT2D eigenvalue weighted by Crippen LogP contribution is -2.41. The van der Waals surface area contributed by atoms with Crippen molar-refractivity contribution < 1.29 is 14.3 Å². The lowest BCUT2D eigenvalue weighted by Gasteiger charge is -2.32. The number of carbonyl (C=O) groups excluding carboxylic acids is 2. The summed E-state index contributed by atoms with van der Waals surface area (Å²) < 4.78 is 5.21. The highest BCUT2D eigenvalue weighted by Gasteiger charge is 2.25. The molecule has 182 valence electrons. The highest BCUT2D eigenvalue weighted by molar-refractivity contribution is 6.30. The van der Waals surface area contributed by atoms with Crippen LogP contribution in [-0.2, 0) is 11.2 Å². The maximum absolute atomic E-state index is 12.8. The molecule has 1 aliphatic heterocycles. The Labute approximate surface area is 210 Å². The minimum atomic E-state index is -0.211. The first kappa shape index (κ1) is 24.5. The van der Waals surface area contributed by atoms with Crippen LogP contribution in [0.3, 0.4) is 0 Å². The molecule has 0 spiro atoms. The number of ether oxygens (including phenoxy) is 1. The second-order valence-electron chi connectivity index (χ2n) is 8.52. The van der Waals surface area contributed by atoms with Gasteiger partial charge >= 0.3 is 0 Å². The summed E-state index contributed by atoms with van der Waals surface area (Å²) in [7, 11) is 1.59. The smallest absolute Gasteiger partial charge is 0.255 e. The van der Waals surface area contributed by atoms with Gasteiger partial charge in [-0.05, 0) is 61.2 Å². The number of nitrogens with zero attached hydrogens (tertiary/aromatic N) is 2. The lowest BCUT2D eigenvalue weighted by molar-refractivity contribution is -0.125. The predicted octanol–water partition coefficient (Wildman–Crippen LogP) is 4.57. The molecule has 1 aromatic heterocycles. The molecule has 2 amide bonds. The number of amides is 2. The number of nitrogens with one attached hydrogen (secondary N) is 2. The molecule has 0 radical (unpaired) electrons. The first-order valence-corrected chi connectivity index (χ1v) is 12.1. The van der Waals surface area contributed by atoms with Gasteiger partial charge in [0.2, 0.25) is 5.91 Å². The fraction of sp³-hybridized carbons (Fsp3) is 0.296. The fourth-order valence-electron chi connectivity index (χ4n) is 4.13. The van der Waals surface area contributed by atoms with Gasteiger partial charge in [-0.3, -0.25) is 9.59 Å². The Bertz CT molecular complexity index is 1160. The molecule has 2 N–H and O–H groups in total. The van der Waals surface area contributed by atoms with E-state index in [1.165, 1.54) is 0 Å². The van der Waals surface area contributed by atoms with Crippen LogP contribution < -0.4 is 20.3 Å². The van der Waals surface area contributed by atoms with E-state index >= 15 is 0 Å². The van der Waals surface area contributed by atoms with Crippen LogP contribution in [0.4, 0.5) is 11.5 Å². The number of pyridine rings is 1. The van der Waals surface area contributed by atoms with Crippen LogP contribution in [-0.4, -0.2) is 43.5 Å². The first-order chi connectivity index (χ1) is 17.0. The van der Waals surface area contributed by atoms with Crippen molar-refractivity contribution in [3.63, 3.8) is 0 Å². The van der Waals surface area contributed by atoms with Crippen LogP contribution in [0.1, 0.15) is 28.8 Å². The maximum atomic E-state index is 12.8. The monoisotopic (exact) mass is 492 g/mol. The molecule has 4 rings (SSSR count). The lowest BCUT2D eigenvalue weighted by atomic mass is 9.95. The number of methoxy groups -OCH3 is 1. The van der Waals surface area contributed by atoms with E-state index in [-0.39, 0.29) is 17.7 Å². The van der Waals surface area contributed by atoms with Gasteiger partial charge in [0.1, 0.15) is 11.6 Å². The quantitative estimate of drug-likeness (QED) is 0.481. The zero-order valence-electron chi connectivity index (χ0n) is 19.7. The number of benzene rings is 2. The van der Waals surface area contributed by atoms with Gasteiger partial charge in [-0.2, -0.15) is 0 Å². The van der Waals surface area contributed by atoms with Crippen molar-refractivity contribution in [1.82, 2.24) is 10.3 Å². The summed E-state index contributed by atoms with van der Waals surface area (Å²) in [6.07, 6.45) is 3.91. The summed E-state index contributed by atoms with van der Waals surface area (Å²) in [4.78, 5) is 32.0. The van der Waals surface area contributed by atoms with E-state index in [1.807, 2.05) is 42.5 Å². The standard InChI is InChI=1S/C27H29ClN4O3/c1-35-24-4-2-3-23(18-24)31-27(34)21-10-14-29-25(17-21)32-15-11-20(12-16-32)26(33)30-13-9-19-5-7-22(28)8-6-19/h2-8,10,14,17-18,20H,9,11-13,15-16H2,1H3,(H,30,33)(H,31,34). The molecule has 2 aromatic carbocycles. The summed E-state index contributed by atoms with van der Waals surface area (Å²) in [5.41, 5.74) is 2.33. The highest BCUT2D eigenvalue weighted by atomic mass is 35.5. The number of aromatic nitrogens is 1. The van der Waals surface area contributed by atoms with Crippen molar-refractivity contribution in [1.29, 1.82) is 0 Å². The Morgan fingerprint density at radius 3 is 2.60 bits per heavy atom. The van der Waals surface area contributed by atoms with Gasteiger partial charge in [0.05, 0.1) is 7.11 Å². The fourth-order valence-corrected chi connectivity index (χ4v) is 4.26. The Morgan fingerprint density at radius 1 is 1.09 bits per heavy atom. The van der Waals surface area contributed by atoms with Crippen molar-refractivity contribution in [2.24, 2.45) is 5.92 Å². The van der Waals surface area contributed by atoms with E-state index in [2.05, 4.69) is 20.5 Å². The van der Waals surface area contributed by atoms with Gasteiger partial charge in [0.15, 0.2) is 0 Å². The molecule has 1 saturated heterocycles. The van der Waals surface area contributed by atoms with Crippen LogP contribution in [0.25, 0.3) is 0 Å². The zero-order chi connectivity index (χ0) is 24.6. The molecule has 0 aliphatic carbocycles. The molecule has 35 heavy (non-hydrogen) atoms. The average molecular weight is 493 g/mol. The Morgan fingerprint density at radius 2 is 1.86 bits per heavy atom. The molecule has 0 atom stereocenters. The second-order valence-corrected chi connectivity index (χ2v) is 8.95. The molecular weight excluding hydrogens is 464 g/mol. The van der Waals surface area contributed by atoms with Gasteiger partial charge in [0.25, 0.3) is 5.91 Å². The van der Waals surface area contributed by atoms with Crippen LogP contribution >= 0.6 is 11.6 Å². The molecule has 0 bridgehead atoms. The molecular formula is C27H29ClN4O3. The molecule has 1 fully saturated rings. The van der Waals surface area contributed by atoms with Crippen LogP contribution in [0, 0.1) is 5.92 Å². The summed E-state index contributed by atoms with van der Waals surface area (Å²) in [6.45, 7) is 2.03. The SMILES string of the molecule is COc1cccc(NC(=O)c2ccnc(N3CCC(C(=O)NCCc4ccc(Cl)cc4)CC3)c2)c1. The molecule has 2 heterocycles. The Kier molecular flexibility index (Phi) is 8.21. The molecule has 7 nitrogen and oxygen atoms in total. The highest BCUT2D eigenvalue weighted by Crippen LogP contribution is 2.23. The third-order valence-electron chi connectivity index (χ3n) is 6.15. The van der Waals surface area contributed by atoms with Crippen molar-refractivity contribution >= 4 is 34.9 Å². The van der Waals surface area contributed by atoms with Gasteiger partial charge in [-0.25, -0.2) is 4.98 Å². The predicted molar refractivity (Wildman–Crippen MR) is 138 cm³/mol. The number of carbonyl (C=O) groups is 2. The number of piperidine rings is 1. The Hall–Kier alpha value is -3.58. The molecule has 3 aromatic rings. The number of halogens is 1. The Balaban J connectivity index is 1.27. The van der Waals surface area contributed by atoms with Crippen LogP contribution in [0.2, 0.25) is 5.02 Å². The van der Waals surface area contributed by atoms with Crippen molar-refractivity contribution in [3.05, 3.63) is 83.0 Å². The molecule has 1 aliphatic rings. The number of anilines is 2. The first-order valence-electron chi connectivity index (χ1n) is 11.7. The second kappa shape index (κ2) is 11.7. The van der Waals surface area contributed by atoms with Gasteiger partial charge in [-0.15, -0.1) is 0 Å². The summed E-state index contributed by atoms with van der Waals surface area (Å²) in [5, 5.41) is 6.66. The zero-order valence-corrected chi connectivity index (χ0v) is 20.4. The normalized spacial score (nSPS) is 13.8. The van der Waals surface area contributed by atoms with E-state index in [9.17, 15) is 9.59 Å². The molecule has 8 heteroatoms. The number of hydrogen-bond acceptors (Lipinski definition) is 5. The van der Waals surface area contributed by atoms with Gasteiger partial charge in [0, 0.05) is 54.1 Å². The summed E-state index contributed by atoms with van der Waals surface area (Å²) in [6, 6.07) is 18.4. The number of rotatable bonds is 8. The van der Waals surface area contributed by atoms with Crippen molar-refractivity contribution in [2.45, 2.75) is 19.3 Å². The van der Waals surface area contributed by atoms with E-state index in [1.54, 1.807) is 31.5 Å². The van der Waals surface area contributed by atoms with Crippen LogP contribution in [0.5, 0.6) is 5.75 Å². The van der Waals surface area contributed by atoms with E-state index in [0.29, 0.717) is 41.7 Å². The summed E-state index contributed by atoms with van der Waals surface area (Å²) in [5.74, 6) is 1.28. The third-order valence-corrected chi connectivity index (χ3v) is 6.40. The van der Waals surface area contributed by atoms with Crippen molar-refractivity contribution in [3.8, 4) is 5.75 Å². The third kappa shape index (κ3) is 6.73. The average Bonchev–Trinajstić information content (AvgIpc) is 2.90. The maximum Gasteiger partial charge on any atom is 0.255 e. The van der Waals surface area contributed by atoms with Gasteiger partial charge < -0.3 is 20.3 Å². The minimum Gasteiger partial charge on any atom is -0.497 e. The topological polar surface area (TPSA) is 83.6 Å². The van der Waals surface area contributed by atoms with Crippen LogP contribution in [0.15, 0.2) is 66.9 Å². The molecule has 0 saturated carbocycles. The minimum absolute atomic E-state index is 0.0176. The van der Waals surface area contributed by atoms with E-state index in [0.717, 1.165) is 30.6 Å².